The molecule has 0 spiro atoms. The van der Waals surface area contributed by atoms with Crippen molar-refractivity contribution in [2.45, 2.75) is 31.0 Å². The maximum atomic E-state index is 13.3. The molecule has 12 heavy (non-hydrogen) atoms. The molecule has 0 aromatic heterocycles. The van der Waals surface area contributed by atoms with E-state index in [1.165, 1.54) is 0 Å². The standard InChI is InChI=1S/C8H15FO3/c9-8(5-10,6-11)4-7-2-1-3-12-7/h7,10-11H,1-6H2/t7-/m0/s1. The molecule has 0 amide bonds. The van der Waals surface area contributed by atoms with Gasteiger partial charge in [-0.1, -0.05) is 0 Å². The molecule has 1 saturated heterocycles. The van der Waals surface area contributed by atoms with Crippen molar-refractivity contribution in [2.75, 3.05) is 19.8 Å². The summed E-state index contributed by atoms with van der Waals surface area (Å²) < 4.78 is 18.5. The van der Waals surface area contributed by atoms with Gasteiger partial charge in [0.25, 0.3) is 0 Å². The number of aliphatic hydroxyl groups excluding tert-OH is 2. The molecule has 0 aromatic carbocycles. The highest BCUT2D eigenvalue weighted by atomic mass is 19.1. The van der Waals surface area contributed by atoms with Crippen LogP contribution in [-0.4, -0.2) is 41.8 Å². The topological polar surface area (TPSA) is 49.7 Å². The highest BCUT2D eigenvalue weighted by molar-refractivity contribution is 4.82. The third-order valence-electron chi connectivity index (χ3n) is 2.18. The fraction of sp³-hybridized carbons (Fsp3) is 1.00. The molecule has 0 aromatic rings. The van der Waals surface area contributed by atoms with Crippen molar-refractivity contribution < 1.29 is 19.3 Å². The Balaban J connectivity index is 2.35. The van der Waals surface area contributed by atoms with Crippen LogP contribution in [0.1, 0.15) is 19.3 Å². The molecule has 1 aliphatic heterocycles. The lowest BCUT2D eigenvalue weighted by molar-refractivity contribution is -0.0282. The lowest BCUT2D eigenvalue weighted by Crippen LogP contribution is -2.36. The van der Waals surface area contributed by atoms with Crippen LogP contribution in [-0.2, 0) is 4.74 Å². The monoisotopic (exact) mass is 178 g/mol. The van der Waals surface area contributed by atoms with Crippen LogP contribution >= 0.6 is 0 Å². The molecule has 2 N–H and O–H groups in total. The van der Waals surface area contributed by atoms with Crippen molar-refractivity contribution in [1.29, 1.82) is 0 Å². The second-order valence-corrected chi connectivity index (χ2v) is 3.31. The summed E-state index contributed by atoms with van der Waals surface area (Å²) >= 11 is 0. The highest BCUT2D eigenvalue weighted by Crippen LogP contribution is 2.24. The quantitative estimate of drug-likeness (QED) is 0.648. The smallest absolute Gasteiger partial charge is 0.159 e. The number of rotatable bonds is 4. The van der Waals surface area contributed by atoms with E-state index in [2.05, 4.69) is 0 Å². The minimum atomic E-state index is -1.87. The lowest BCUT2D eigenvalue weighted by Gasteiger charge is -2.23. The normalized spacial score (nSPS) is 24.8. The second kappa shape index (κ2) is 4.16. The molecule has 1 rings (SSSR count). The summed E-state index contributed by atoms with van der Waals surface area (Å²) in [4.78, 5) is 0. The molecule has 1 heterocycles. The van der Waals surface area contributed by atoms with Gasteiger partial charge in [0, 0.05) is 13.0 Å². The zero-order valence-electron chi connectivity index (χ0n) is 7.00. The first kappa shape index (κ1) is 9.89. The van der Waals surface area contributed by atoms with Crippen LogP contribution in [0.25, 0.3) is 0 Å². The summed E-state index contributed by atoms with van der Waals surface area (Å²) in [6, 6.07) is 0. The average molecular weight is 178 g/mol. The van der Waals surface area contributed by atoms with E-state index in [1.54, 1.807) is 0 Å². The third-order valence-corrected chi connectivity index (χ3v) is 2.18. The van der Waals surface area contributed by atoms with Crippen molar-refractivity contribution in [3.8, 4) is 0 Å². The van der Waals surface area contributed by atoms with Gasteiger partial charge in [0.1, 0.15) is 0 Å². The van der Waals surface area contributed by atoms with Gasteiger partial charge in [-0.15, -0.1) is 0 Å². The van der Waals surface area contributed by atoms with E-state index in [4.69, 9.17) is 14.9 Å². The van der Waals surface area contributed by atoms with E-state index in [1.807, 2.05) is 0 Å². The molecule has 1 atom stereocenters. The summed E-state index contributed by atoms with van der Waals surface area (Å²) in [6.07, 6.45) is 1.73. The largest absolute Gasteiger partial charge is 0.393 e. The van der Waals surface area contributed by atoms with Crippen LogP contribution in [0.15, 0.2) is 0 Å². The zero-order valence-corrected chi connectivity index (χ0v) is 7.00. The van der Waals surface area contributed by atoms with Gasteiger partial charge < -0.3 is 14.9 Å². The fourth-order valence-corrected chi connectivity index (χ4v) is 1.39. The third kappa shape index (κ3) is 2.40. The van der Waals surface area contributed by atoms with Gasteiger partial charge >= 0.3 is 0 Å². The van der Waals surface area contributed by atoms with Gasteiger partial charge in [-0.05, 0) is 12.8 Å². The Morgan fingerprint density at radius 1 is 1.42 bits per heavy atom. The van der Waals surface area contributed by atoms with Crippen molar-refractivity contribution >= 4 is 0 Å². The molecule has 0 unspecified atom stereocenters. The molecular formula is C8H15FO3. The van der Waals surface area contributed by atoms with E-state index in [0.29, 0.717) is 6.61 Å². The number of alkyl halides is 1. The van der Waals surface area contributed by atoms with Gasteiger partial charge in [-0.2, -0.15) is 0 Å². The molecular weight excluding hydrogens is 163 g/mol. The van der Waals surface area contributed by atoms with Crippen LogP contribution in [0.2, 0.25) is 0 Å². The first-order valence-corrected chi connectivity index (χ1v) is 4.22. The number of halogens is 1. The minimum Gasteiger partial charge on any atom is -0.393 e. The summed E-state index contributed by atoms with van der Waals surface area (Å²) in [5.74, 6) is 0. The van der Waals surface area contributed by atoms with Gasteiger partial charge in [0.2, 0.25) is 0 Å². The second-order valence-electron chi connectivity index (χ2n) is 3.31. The van der Waals surface area contributed by atoms with Crippen LogP contribution in [0, 0.1) is 0 Å². The van der Waals surface area contributed by atoms with Crippen molar-refractivity contribution in [3.05, 3.63) is 0 Å². The molecule has 1 fully saturated rings. The van der Waals surface area contributed by atoms with Crippen molar-refractivity contribution in [2.24, 2.45) is 0 Å². The Morgan fingerprint density at radius 2 is 2.08 bits per heavy atom. The van der Waals surface area contributed by atoms with E-state index in [9.17, 15) is 4.39 Å². The maximum Gasteiger partial charge on any atom is 0.159 e. The van der Waals surface area contributed by atoms with E-state index in [-0.39, 0.29) is 12.5 Å². The van der Waals surface area contributed by atoms with E-state index in [0.717, 1.165) is 12.8 Å². The fourth-order valence-electron chi connectivity index (χ4n) is 1.39. The van der Waals surface area contributed by atoms with Crippen LogP contribution in [0.3, 0.4) is 0 Å². The summed E-state index contributed by atoms with van der Waals surface area (Å²) in [5.41, 5.74) is -1.87. The van der Waals surface area contributed by atoms with Gasteiger partial charge in [0.05, 0.1) is 19.3 Å². The Morgan fingerprint density at radius 3 is 2.50 bits per heavy atom. The SMILES string of the molecule is OCC(F)(CO)C[C@@H]1CCCO1. The summed E-state index contributed by atoms with van der Waals surface area (Å²) in [5, 5.41) is 17.3. The number of aliphatic hydroxyl groups is 2. The van der Waals surface area contributed by atoms with E-state index < -0.39 is 18.9 Å². The number of hydrogen-bond acceptors (Lipinski definition) is 3. The van der Waals surface area contributed by atoms with Crippen LogP contribution in [0.5, 0.6) is 0 Å². The number of ether oxygens (including phenoxy) is 1. The predicted molar refractivity (Wildman–Crippen MR) is 41.6 cm³/mol. The predicted octanol–water partition coefficient (Wildman–Crippen LogP) is 0.248. The molecule has 4 heteroatoms. The van der Waals surface area contributed by atoms with Gasteiger partial charge in [0.15, 0.2) is 5.67 Å². The molecule has 1 aliphatic rings. The average Bonchev–Trinajstić information content (AvgIpc) is 2.57. The lowest BCUT2D eigenvalue weighted by atomic mass is 9.98. The molecule has 0 radical (unpaired) electrons. The molecule has 72 valence electrons. The Hall–Kier alpha value is -0.190. The molecule has 0 saturated carbocycles. The highest BCUT2D eigenvalue weighted by Gasteiger charge is 2.33. The summed E-state index contributed by atoms with van der Waals surface area (Å²) in [6.45, 7) is -0.607. The Bertz CT molecular complexity index is 130. The molecule has 0 aliphatic carbocycles. The first-order valence-electron chi connectivity index (χ1n) is 4.22. The van der Waals surface area contributed by atoms with Crippen molar-refractivity contribution in [1.82, 2.24) is 0 Å². The molecule has 0 bridgehead atoms. The van der Waals surface area contributed by atoms with Crippen LogP contribution in [0.4, 0.5) is 4.39 Å². The first-order chi connectivity index (χ1) is 5.70. The molecule has 3 nitrogen and oxygen atoms in total. The maximum absolute atomic E-state index is 13.3. The van der Waals surface area contributed by atoms with Gasteiger partial charge in [-0.3, -0.25) is 0 Å². The van der Waals surface area contributed by atoms with E-state index >= 15 is 0 Å². The Labute approximate surface area is 71.2 Å². The summed E-state index contributed by atoms with van der Waals surface area (Å²) in [7, 11) is 0. The zero-order chi connectivity index (χ0) is 9.03. The van der Waals surface area contributed by atoms with Crippen molar-refractivity contribution in [3.63, 3.8) is 0 Å². The number of hydrogen-bond donors (Lipinski definition) is 2. The Kier molecular flexibility index (Phi) is 3.43. The van der Waals surface area contributed by atoms with Gasteiger partial charge in [-0.25, -0.2) is 4.39 Å². The van der Waals surface area contributed by atoms with Crippen LogP contribution < -0.4 is 0 Å². The minimum absolute atomic E-state index is 0.0972.